The largest absolute Gasteiger partial charge is 0.461 e. The summed E-state index contributed by atoms with van der Waals surface area (Å²) in [5, 5.41) is 0.726. The lowest BCUT2D eigenvalue weighted by molar-refractivity contribution is -0.348. The number of fused-ring (bicyclic) bond motifs is 2. The van der Waals surface area contributed by atoms with Crippen molar-refractivity contribution >= 4 is 22.9 Å². The monoisotopic (exact) mass is 634 g/mol. The van der Waals surface area contributed by atoms with E-state index < -0.39 is 54.6 Å². The van der Waals surface area contributed by atoms with Gasteiger partial charge < -0.3 is 32.8 Å². The first-order valence-corrected chi connectivity index (χ1v) is 15.1. The van der Waals surface area contributed by atoms with Crippen molar-refractivity contribution in [2.75, 3.05) is 6.61 Å². The van der Waals surface area contributed by atoms with Crippen molar-refractivity contribution < 1.29 is 42.4 Å². The minimum Gasteiger partial charge on any atom is -0.461 e. The van der Waals surface area contributed by atoms with Crippen molar-refractivity contribution in [2.24, 2.45) is 0 Å². The van der Waals surface area contributed by atoms with E-state index in [9.17, 15) is 14.4 Å². The van der Waals surface area contributed by atoms with Crippen molar-refractivity contribution in [3.05, 3.63) is 148 Å². The number of rotatable bonds is 7. The molecule has 7 rings (SSSR count). The Bertz CT molecular complexity index is 1930. The molecule has 3 heterocycles. The van der Waals surface area contributed by atoms with Crippen LogP contribution in [0.1, 0.15) is 38.1 Å². The van der Waals surface area contributed by atoms with Gasteiger partial charge in [0.05, 0.1) is 17.7 Å². The summed E-state index contributed by atoms with van der Waals surface area (Å²) >= 11 is 0. The normalized spacial score (nSPS) is 23.8. The van der Waals surface area contributed by atoms with Gasteiger partial charge >= 0.3 is 17.6 Å². The van der Waals surface area contributed by atoms with Crippen LogP contribution in [-0.4, -0.2) is 49.3 Å². The van der Waals surface area contributed by atoms with E-state index in [0.29, 0.717) is 11.1 Å². The van der Waals surface area contributed by atoms with Gasteiger partial charge in [0, 0.05) is 23.1 Å². The fourth-order valence-electron chi connectivity index (χ4n) is 5.72. The molecule has 0 spiro atoms. The Morgan fingerprint density at radius 1 is 0.723 bits per heavy atom. The third-order valence-corrected chi connectivity index (χ3v) is 8.04. The highest BCUT2D eigenvalue weighted by Gasteiger charge is 2.55. The number of esters is 2. The Labute approximate surface area is 269 Å². The topological polar surface area (TPSA) is 120 Å². The van der Waals surface area contributed by atoms with Gasteiger partial charge in [0.25, 0.3) is 0 Å². The van der Waals surface area contributed by atoms with Gasteiger partial charge in [-0.15, -0.1) is 0 Å². The Balaban J connectivity index is 1.27. The minimum atomic E-state index is -1.30. The van der Waals surface area contributed by atoms with Gasteiger partial charge in [-0.25, -0.2) is 14.4 Å². The second-order valence-electron chi connectivity index (χ2n) is 11.2. The Morgan fingerprint density at radius 2 is 1.34 bits per heavy atom. The molecule has 238 valence electrons. The Hall–Kier alpha value is -5.29. The molecule has 0 radical (unpaired) electrons. The summed E-state index contributed by atoms with van der Waals surface area (Å²) in [7, 11) is 0. The van der Waals surface area contributed by atoms with Crippen LogP contribution in [0.3, 0.4) is 0 Å². The van der Waals surface area contributed by atoms with Crippen LogP contribution in [0.2, 0.25) is 0 Å². The Kier molecular flexibility index (Phi) is 8.54. The molecule has 2 saturated heterocycles. The highest BCUT2D eigenvalue weighted by atomic mass is 16.8. The number of carbonyl (C=O) groups is 2. The summed E-state index contributed by atoms with van der Waals surface area (Å²) in [5.41, 5.74) is 1.87. The molecular formula is C37H30O10. The third kappa shape index (κ3) is 6.52. The van der Waals surface area contributed by atoms with E-state index in [4.69, 9.17) is 32.8 Å². The molecule has 2 fully saturated rings. The first-order chi connectivity index (χ1) is 22.9. The first kappa shape index (κ1) is 30.4. The molecule has 47 heavy (non-hydrogen) atoms. The van der Waals surface area contributed by atoms with Crippen LogP contribution in [0.5, 0.6) is 5.75 Å². The van der Waals surface area contributed by atoms with Crippen LogP contribution in [0, 0.1) is 6.92 Å². The molecule has 0 saturated carbocycles. The second-order valence-corrected chi connectivity index (χ2v) is 11.2. The zero-order valence-electron chi connectivity index (χ0n) is 25.2. The van der Waals surface area contributed by atoms with Crippen molar-refractivity contribution in [1.29, 1.82) is 0 Å². The van der Waals surface area contributed by atoms with Crippen molar-refractivity contribution in [3.8, 4) is 5.75 Å². The average Bonchev–Trinajstić information content (AvgIpc) is 3.10. The maximum atomic E-state index is 13.5. The van der Waals surface area contributed by atoms with Crippen LogP contribution >= 0.6 is 0 Å². The predicted octanol–water partition coefficient (Wildman–Crippen LogP) is 5.77. The van der Waals surface area contributed by atoms with Crippen molar-refractivity contribution in [2.45, 2.75) is 43.9 Å². The van der Waals surface area contributed by atoms with Crippen molar-refractivity contribution in [3.63, 3.8) is 0 Å². The molecule has 10 heteroatoms. The maximum Gasteiger partial charge on any atom is 0.338 e. The zero-order valence-corrected chi connectivity index (χ0v) is 25.2. The molecule has 6 atom stereocenters. The first-order valence-electron chi connectivity index (χ1n) is 15.1. The summed E-state index contributed by atoms with van der Waals surface area (Å²) in [6.07, 6.45) is -6.25. The number of ether oxygens (including phenoxy) is 6. The number of hydrogen-bond donors (Lipinski definition) is 0. The molecule has 0 aliphatic carbocycles. The third-order valence-electron chi connectivity index (χ3n) is 8.04. The van der Waals surface area contributed by atoms with Gasteiger partial charge in [-0.3, -0.25) is 0 Å². The zero-order chi connectivity index (χ0) is 32.3. The number of hydrogen-bond acceptors (Lipinski definition) is 10. The molecule has 0 amide bonds. The minimum absolute atomic E-state index is 0.0641. The van der Waals surface area contributed by atoms with Crippen LogP contribution in [0.4, 0.5) is 0 Å². The summed E-state index contributed by atoms with van der Waals surface area (Å²) in [6, 6.07) is 32.6. The fraction of sp³-hybridized carbons (Fsp3) is 0.216. The molecule has 0 bridgehead atoms. The highest BCUT2D eigenvalue weighted by Crippen LogP contribution is 2.38. The molecular weight excluding hydrogens is 604 g/mol. The Morgan fingerprint density at radius 3 is 2.00 bits per heavy atom. The molecule has 2 aliphatic heterocycles. The second kappa shape index (κ2) is 13.2. The molecule has 4 unspecified atom stereocenters. The lowest BCUT2D eigenvalue weighted by Crippen LogP contribution is -2.65. The van der Waals surface area contributed by atoms with Crippen LogP contribution in [0.15, 0.2) is 124 Å². The van der Waals surface area contributed by atoms with Gasteiger partial charge in [-0.2, -0.15) is 0 Å². The van der Waals surface area contributed by atoms with Crippen molar-refractivity contribution in [1.82, 2.24) is 0 Å². The van der Waals surface area contributed by atoms with Gasteiger partial charge in [0.2, 0.25) is 12.4 Å². The molecule has 4 aromatic carbocycles. The van der Waals surface area contributed by atoms with E-state index in [1.165, 1.54) is 6.07 Å². The molecule has 1 aromatic heterocycles. The van der Waals surface area contributed by atoms with Gasteiger partial charge in [-0.05, 0) is 48.9 Å². The summed E-state index contributed by atoms with van der Waals surface area (Å²) in [6.45, 7) is 1.87. The average molecular weight is 635 g/mol. The fourth-order valence-corrected chi connectivity index (χ4v) is 5.72. The van der Waals surface area contributed by atoms with Gasteiger partial charge in [0.1, 0.15) is 23.5 Å². The van der Waals surface area contributed by atoms with Crippen LogP contribution in [0.25, 0.3) is 11.0 Å². The quantitative estimate of drug-likeness (QED) is 0.161. The van der Waals surface area contributed by atoms with Gasteiger partial charge in [0.15, 0.2) is 12.4 Å². The number of carbonyl (C=O) groups excluding carboxylic acids is 2. The lowest BCUT2D eigenvalue weighted by Gasteiger charge is -2.48. The van der Waals surface area contributed by atoms with E-state index in [-0.39, 0.29) is 17.9 Å². The highest BCUT2D eigenvalue weighted by molar-refractivity contribution is 5.90. The van der Waals surface area contributed by atoms with E-state index in [1.54, 1.807) is 85.8 Å². The summed E-state index contributed by atoms with van der Waals surface area (Å²) in [4.78, 5) is 39.2. The van der Waals surface area contributed by atoms with Crippen LogP contribution in [-0.2, 0) is 23.7 Å². The number of aryl methyl sites for hydroxylation is 1. The maximum absolute atomic E-state index is 13.5. The van der Waals surface area contributed by atoms with Crippen LogP contribution < -0.4 is 10.4 Å². The summed E-state index contributed by atoms with van der Waals surface area (Å²) < 4.78 is 42.7. The molecule has 5 aromatic rings. The summed E-state index contributed by atoms with van der Waals surface area (Å²) in [5.74, 6) is -1.06. The number of benzene rings is 4. The van der Waals surface area contributed by atoms with E-state index in [2.05, 4.69) is 0 Å². The van der Waals surface area contributed by atoms with E-state index >= 15 is 0 Å². The SMILES string of the molecule is Cc1cc(=O)oc2cc(O[C@@H]3OC4COC(c5ccccc5)O[C@@H]4C(OC(=O)c4ccccc4)C3OC(=O)c3ccccc3)ccc12. The lowest BCUT2D eigenvalue weighted by atomic mass is 9.96. The predicted molar refractivity (Wildman–Crippen MR) is 168 cm³/mol. The van der Waals surface area contributed by atoms with E-state index in [0.717, 1.165) is 16.5 Å². The molecule has 2 aliphatic rings. The van der Waals surface area contributed by atoms with Gasteiger partial charge in [-0.1, -0.05) is 66.7 Å². The molecule has 0 N–H and O–H groups in total. The smallest absolute Gasteiger partial charge is 0.338 e. The van der Waals surface area contributed by atoms with E-state index in [1.807, 2.05) is 30.3 Å². The standard InChI is InChI=1S/C37H30O10/c1-22-19-30(38)43-28-20-26(17-18-27(22)28)42-37-33(46-35(40)24-13-7-3-8-14-24)32(45-34(39)23-11-5-2-6-12-23)31-29(44-37)21-41-36(47-31)25-15-9-4-10-16-25/h2-20,29,31-33,36-37H,21H2,1H3/t29?,31-,32?,33?,36?,37+/m0/s1. The molecule has 10 nitrogen and oxygen atoms in total.